The normalized spacial score (nSPS) is 15.4. The van der Waals surface area contributed by atoms with Crippen molar-refractivity contribution in [1.29, 1.82) is 0 Å². The zero-order valence-electron chi connectivity index (χ0n) is 11.4. The highest BCUT2D eigenvalue weighted by Crippen LogP contribution is 2.21. The lowest BCUT2D eigenvalue weighted by Crippen LogP contribution is -2.27. The predicted molar refractivity (Wildman–Crippen MR) is 70.1 cm³/mol. The van der Waals surface area contributed by atoms with Gasteiger partial charge in [-0.1, -0.05) is 27.7 Å². The summed E-state index contributed by atoms with van der Waals surface area (Å²) in [7, 11) is 0. The highest BCUT2D eigenvalue weighted by molar-refractivity contribution is 5.29. The predicted octanol–water partition coefficient (Wildman–Crippen LogP) is 2.44. The first-order valence-corrected chi connectivity index (χ1v) is 6.67. The average molecular weight is 233 g/mol. The third-order valence-electron chi connectivity index (χ3n) is 3.16. The molecule has 0 bridgehead atoms. The molecule has 0 saturated carbocycles. The van der Waals surface area contributed by atoms with Crippen LogP contribution in [0.25, 0.3) is 0 Å². The van der Waals surface area contributed by atoms with Crippen LogP contribution in [0.3, 0.4) is 0 Å². The maximum Gasteiger partial charge on any atom is 0.131 e. The molecule has 0 aliphatic carbocycles. The number of rotatable bonds is 3. The molecule has 94 valence electrons. The van der Waals surface area contributed by atoms with E-state index < -0.39 is 0 Å². The molecule has 0 amide bonds. The summed E-state index contributed by atoms with van der Waals surface area (Å²) < 4.78 is 0. The quantitative estimate of drug-likeness (QED) is 0.871. The molecule has 1 aliphatic rings. The van der Waals surface area contributed by atoms with E-state index in [1.165, 1.54) is 17.0 Å². The van der Waals surface area contributed by atoms with Crippen LogP contribution in [-0.2, 0) is 19.4 Å². The third kappa shape index (κ3) is 2.83. The molecular weight excluding hydrogens is 210 g/mol. The van der Waals surface area contributed by atoms with E-state index in [0.717, 1.165) is 31.8 Å². The van der Waals surface area contributed by atoms with Crippen molar-refractivity contribution in [2.45, 2.75) is 53.0 Å². The first kappa shape index (κ1) is 12.5. The topological polar surface area (TPSA) is 37.8 Å². The van der Waals surface area contributed by atoms with Crippen LogP contribution >= 0.6 is 0 Å². The van der Waals surface area contributed by atoms with Crippen LogP contribution in [0, 0.1) is 5.92 Å². The van der Waals surface area contributed by atoms with Crippen LogP contribution in [0.5, 0.6) is 0 Å². The van der Waals surface area contributed by atoms with Crippen LogP contribution in [0.2, 0.25) is 0 Å². The SMILES string of the molecule is CC(C)Cc1nc(C(C)C)nc2c1CCNC2. The fraction of sp³-hybridized carbons (Fsp3) is 0.714. The Morgan fingerprint density at radius 3 is 2.59 bits per heavy atom. The molecule has 17 heavy (non-hydrogen) atoms. The molecule has 1 N–H and O–H groups in total. The minimum absolute atomic E-state index is 0.410. The number of nitrogens with one attached hydrogen (secondary N) is 1. The van der Waals surface area contributed by atoms with Crippen molar-refractivity contribution in [3.8, 4) is 0 Å². The van der Waals surface area contributed by atoms with Crippen LogP contribution in [0.4, 0.5) is 0 Å². The van der Waals surface area contributed by atoms with Gasteiger partial charge >= 0.3 is 0 Å². The van der Waals surface area contributed by atoms with E-state index in [1.807, 2.05) is 0 Å². The molecule has 0 saturated heterocycles. The van der Waals surface area contributed by atoms with E-state index in [4.69, 9.17) is 9.97 Å². The van der Waals surface area contributed by atoms with Gasteiger partial charge in [0.05, 0.1) is 5.69 Å². The zero-order valence-corrected chi connectivity index (χ0v) is 11.4. The lowest BCUT2D eigenvalue weighted by molar-refractivity contribution is 0.574. The van der Waals surface area contributed by atoms with Crippen LogP contribution < -0.4 is 5.32 Å². The Kier molecular flexibility index (Phi) is 3.77. The fourth-order valence-electron chi connectivity index (χ4n) is 2.27. The van der Waals surface area contributed by atoms with Gasteiger partial charge in [0.2, 0.25) is 0 Å². The molecule has 0 spiro atoms. The molecule has 0 aromatic carbocycles. The summed E-state index contributed by atoms with van der Waals surface area (Å²) in [6.45, 7) is 10.8. The standard InChI is InChI=1S/C14H23N3/c1-9(2)7-12-11-5-6-15-8-13(11)17-14(16-12)10(3)4/h9-10,15H,5-8H2,1-4H3. The summed E-state index contributed by atoms with van der Waals surface area (Å²) >= 11 is 0. The molecule has 2 heterocycles. The number of aromatic nitrogens is 2. The van der Waals surface area contributed by atoms with Crippen LogP contribution in [0.1, 0.15) is 56.4 Å². The minimum atomic E-state index is 0.410. The smallest absolute Gasteiger partial charge is 0.131 e. The maximum atomic E-state index is 4.79. The van der Waals surface area contributed by atoms with Crippen molar-refractivity contribution in [3.05, 3.63) is 22.8 Å². The van der Waals surface area contributed by atoms with E-state index in [-0.39, 0.29) is 0 Å². The molecule has 1 aliphatic heterocycles. The molecule has 0 unspecified atom stereocenters. The van der Waals surface area contributed by atoms with Gasteiger partial charge in [-0.25, -0.2) is 9.97 Å². The van der Waals surface area contributed by atoms with Gasteiger partial charge in [0.15, 0.2) is 0 Å². The molecule has 0 radical (unpaired) electrons. The van der Waals surface area contributed by atoms with E-state index >= 15 is 0 Å². The first-order chi connectivity index (χ1) is 8.08. The van der Waals surface area contributed by atoms with E-state index in [1.54, 1.807) is 0 Å². The molecule has 2 rings (SSSR count). The largest absolute Gasteiger partial charge is 0.311 e. The number of hydrogen-bond acceptors (Lipinski definition) is 3. The number of hydrogen-bond donors (Lipinski definition) is 1. The van der Waals surface area contributed by atoms with Crippen LogP contribution in [-0.4, -0.2) is 16.5 Å². The molecule has 1 aromatic heterocycles. The second kappa shape index (κ2) is 5.13. The van der Waals surface area contributed by atoms with Gasteiger partial charge in [-0.3, -0.25) is 0 Å². The van der Waals surface area contributed by atoms with Gasteiger partial charge in [-0.05, 0) is 30.9 Å². The molecule has 1 aromatic rings. The Hall–Kier alpha value is -0.960. The van der Waals surface area contributed by atoms with Crippen molar-refractivity contribution in [2.24, 2.45) is 5.92 Å². The Bertz CT molecular complexity index is 397. The van der Waals surface area contributed by atoms with Gasteiger partial charge in [0, 0.05) is 18.2 Å². The van der Waals surface area contributed by atoms with E-state index in [0.29, 0.717) is 11.8 Å². The second-order valence-corrected chi connectivity index (χ2v) is 5.63. The lowest BCUT2D eigenvalue weighted by atomic mass is 9.97. The second-order valence-electron chi connectivity index (χ2n) is 5.63. The monoisotopic (exact) mass is 233 g/mol. The first-order valence-electron chi connectivity index (χ1n) is 6.67. The van der Waals surface area contributed by atoms with Gasteiger partial charge < -0.3 is 5.32 Å². The van der Waals surface area contributed by atoms with Crippen molar-refractivity contribution in [1.82, 2.24) is 15.3 Å². The van der Waals surface area contributed by atoms with Gasteiger partial charge in [0.25, 0.3) is 0 Å². The van der Waals surface area contributed by atoms with Crippen molar-refractivity contribution in [2.75, 3.05) is 6.54 Å². The van der Waals surface area contributed by atoms with E-state index in [9.17, 15) is 0 Å². The molecule has 3 heteroatoms. The minimum Gasteiger partial charge on any atom is -0.311 e. The molecule has 3 nitrogen and oxygen atoms in total. The Labute approximate surface area is 104 Å². The summed E-state index contributed by atoms with van der Waals surface area (Å²) in [6.07, 6.45) is 2.15. The fourth-order valence-corrected chi connectivity index (χ4v) is 2.27. The van der Waals surface area contributed by atoms with Crippen molar-refractivity contribution >= 4 is 0 Å². The highest BCUT2D eigenvalue weighted by Gasteiger charge is 2.18. The van der Waals surface area contributed by atoms with Gasteiger partial charge in [-0.15, -0.1) is 0 Å². The van der Waals surface area contributed by atoms with Crippen LogP contribution in [0.15, 0.2) is 0 Å². The maximum absolute atomic E-state index is 4.79. The van der Waals surface area contributed by atoms with Crippen molar-refractivity contribution < 1.29 is 0 Å². The molecule has 0 fully saturated rings. The van der Waals surface area contributed by atoms with E-state index in [2.05, 4.69) is 33.0 Å². The Morgan fingerprint density at radius 1 is 1.18 bits per heavy atom. The number of nitrogens with zero attached hydrogens (tertiary/aromatic N) is 2. The third-order valence-corrected chi connectivity index (χ3v) is 3.16. The van der Waals surface area contributed by atoms with Gasteiger partial charge in [0.1, 0.15) is 5.82 Å². The van der Waals surface area contributed by atoms with Crippen molar-refractivity contribution in [3.63, 3.8) is 0 Å². The summed E-state index contributed by atoms with van der Waals surface area (Å²) in [4.78, 5) is 9.49. The lowest BCUT2D eigenvalue weighted by Gasteiger charge is -2.21. The average Bonchev–Trinajstić information content (AvgIpc) is 2.28. The zero-order chi connectivity index (χ0) is 12.4. The van der Waals surface area contributed by atoms with Gasteiger partial charge in [-0.2, -0.15) is 0 Å². The summed E-state index contributed by atoms with van der Waals surface area (Å²) in [5.74, 6) is 2.07. The Balaban J connectivity index is 2.42. The summed E-state index contributed by atoms with van der Waals surface area (Å²) in [5.41, 5.74) is 3.92. The highest BCUT2D eigenvalue weighted by atomic mass is 15.0. The summed E-state index contributed by atoms with van der Waals surface area (Å²) in [5, 5.41) is 3.40. The molecular formula is C14H23N3. The number of fused-ring (bicyclic) bond motifs is 1. The molecule has 0 atom stereocenters. The Morgan fingerprint density at radius 2 is 1.94 bits per heavy atom. The summed E-state index contributed by atoms with van der Waals surface area (Å²) in [6, 6.07) is 0.